The number of hydrogen-bond donors (Lipinski definition) is 2. The first-order chi connectivity index (χ1) is 10.4. The lowest BCUT2D eigenvalue weighted by atomic mass is 10.2. The van der Waals surface area contributed by atoms with E-state index in [4.69, 9.17) is 17.3 Å². The molecule has 0 atom stereocenters. The van der Waals surface area contributed by atoms with Gasteiger partial charge in [0, 0.05) is 17.1 Å². The van der Waals surface area contributed by atoms with Crippen LogP contribution in [0.2, 0.25) is 5.02 Å². The van der Waals surface area contributed by atoms with Gasteiger partial charge in [-0.3, -0.25) is 0 Å². The molecule has 22 heavy (non-hydrogen) atoms. The number of aliphatic hydroxyl groups is 1. The molecule has 0 aliphatic rings. The summed E-state index contributed by atoms with van der Waals surface area (Å²) in [5, 5.41) is 10.4. The van der Waals surface area contributed by atoms with Crippen molar-refractivity contribution in [1.82, 2.24) is 3.97 Å². The van der Waals surface area contributed by atoms with Crippen LogP contribution in [0.25, 0.3) is 10.9 Å². The van der Waals surface area contributed by atoms with E-state index in [1.165, 1.54) is 24.4 Å². The van der Waals surface area contributed by atoms with Gasteiger partial charge in [-0.15, -0.1) is 0 Å². The van der Waals surface area contributed by atoms with Gasteiger partial charge in [-0.05, 0) is 24.3 Å². The summed E-state index contributed by atoms with van der Waals surface area (Å²) in [7, 11) is -3.83. The summed E-state index contributed by atoms with van der Waals surface area (Å²) in [4.78, 5) is 0.0413. The molecule has 1 aromatic heterocycles. The molecule has 0 amide bonds. The molecule has 7 heteroatoms. The molecule has 0 aliphatic carbocycles. The number of nitrogens with two attached hydrogens (primary N) is 1. The topological polar surface area (TPSA) is 85.3 Å². The first kappa shape index (κ1) is 14.9. The van der Waals surface area contributed by atoms with Gasteiger partial charge in [0.15, 0.2) is 0 Å². The summed E-state index contributed by atoms with van der Waals surface area (Å²) < 4.78 is 26.8. The number of hydrogen-bond acceptors (Lipinski definition) is 4. The normalized spacial score (nSPS) is 11.9. The number of rotatable bonds is 3. The van der Waals surface area contributed by atoms with Crippen LogP contribution in [0.4, 0.5) is 5.69 Å². The maximum Gasteiger partial charge on any atom is 0.268 e. The fourth-order valence-corrected chi connectivity index (χ4v) is 3.88. The zero-order valence-corrected chi connectivity index (χ0v) is 13.0. The second-order valence-corrected chi connectivity index (χ2v) is 7.04. The quantitative estimate of drug-likeness (QED) is 0.720. The van der Waals surface area contributed by atoms with Crippen molar-refractivity contribution in [3.63, 3.8) is 0 Å². The summed E-state index contributed by atoms with van der Waals surface area (Å²) in [6.45, 7) is -0.244. The minimum Gasteiger partial charge on any atom is -0.397 e. The Morgan fingerprint density at radius 2 is 1.91 bits per heavy atom. The van der Waals surface area contributed by atoms with E-state index < -0.39 is 10.0 Å². The summed E-state index contributed by atoms with van der Waals surface area (Å²) in [6, 6.07) is 11.2. The van der Waals surface area contributed by atoms with Crippen molar-refractivity contribution < 1.29 is 13.5 Å². The Kier molecular flexibility index (Phi) is 3.60. The molecule has 0 spiro atoms. The maximum atomic E-state index is 12.8. The Bertz CT molecular complexity index is 964. The Balaban J connectivity index is 2.27. The average Bonchev–Trinajstić information content (AvgIpc) is 2.89. The molecule has 0 radical (unpaired) electrons. The molecule has 114 valence electrons. The van der Waals surface area contributed by atoms with Gasteiger partial charge in [0.2, 0.25) is 0 Å². The van der Waals surface area contributed by atoms with Crippen LogP contribution in [0.15, 0.2) is 53.6 Å². The summed E-state index contributed by atoms with van der Waals surface area (Å²) in [6.07, 6.45) is 1.42. The summed E-state index contributed by atoms with van der Waals surface area (Å²) in [5.74, 6) is 0. The largest absolute Gasteiger partial charge is 0.397 e. The Morgan fingerprint density at radius 1 is 1.18 bits per heavy atom. The van der Waals surface area contributed by atoms with E-state index in [-0.39, 0.29) is 17.2 Å². The molecule has 3 N–H and O–H groups in total. The van der Waals surface area contributed by atoms with Gasteiger partial charge in [0.05, 0.1) is 27.7 Å². The van der Waals surface area contributed by atoms with Crippen molar-refractivity contribution in [3.05, 3.63) is 59.2 Å². The monoisotopic (exact) mass is 336 g/mol. The van der Waals surface area contributed by atoms with Gasteiger partial charge in [-0.2, -0.15) is 0 Å². The van der Waals surface area contributed by atoms with Gasteiger partial charge in [0.1, 0.15) is 0 Å². The molecule has 3 rings (SSSR count). The van der Waals surface area contributed by atoms with Gasteiger partial charge in [0.25, 0.3) is 10.0 Å². The van der Waals surface area contributed by atoms with Crippen molar-refractivity contribution >= 4 is 38.2 Å². The molecule has 3 aromatic rings. The predicted molar refractivity (Wildman–Crippen MR) is 86.3 cm³/mol. The fourth-order valence-electron chi connectivity index (χ4n) is 2.34. The average molecular weight is 337 g/mol. The number of anilines is 1. The molecular formula is C15H13ClN2O3S. The maximum absolute atomic E-state index is 12.8. The standard InChI is InChI=1S/C15H13ClN2O3S/c16-13-6-5-11(7-14(13)17)22(20,21)18-8-10(9-19)12-3-1-2-4-15(12)18/h1-8,19H,9,17H2. The van der Waals surface area contributed by atoms with Crippen LogP contribution in [0, 0.1) is 0 Å². The first-order valence-electron chi connectivity index (χ1n) is 6.45. The van der Waals surface area contributed by atoms with Crippen LogP contribution in [0.5, 0.6) is 0 Å². The minimum absolute atomic E-state index is 0.0413. The first-order valence-corrected chi connectivity index (χ1v) is 8.27. The molecular weight excluding hydrogens is 324 g/mol. The molecule has 0 aliphatic heterocycles. The van der Waals surface area contributed by atoms with E-state index in [2.05, 4.69) is 0 Å². The van der Waals surface area contributed by atoms with Crippen molar-refractivity contribution in [1.29, 1.82) is 0 Å². The lowest BCUT2D eigenvalue weighted by molar-refractivity contribution is 0.283. The number of benzene rings is 2. The third-order valence-electron chi connectivity index (χ3n) is 3.46. The number of para-hydroxylation sites is 1. The van der Waals surface area contributed by atoms with Crippen LogP contribution in [0.3, 0.4) is 0 Å². The highest BCUT2D eigenvalue weighted by Crippen LogP contribution is 2.28. The molecule has 1 heterocycles. The Labute approximate surface area is 132 Å². The molecule has 2 aromatic carbocycles. The van der Waals surface area contributed by atoms with E-state index >= 15 is 0 Å². The molecule has 0 bridgehead atoms. The molecule has 0 fully saturated rings. The second-order valence-electron chi connectivity index (χ2n) is 4.81. The number of halogens is 1. The zero-order valence-electron chi connectivity index (χ0n) is 11.4. The third kappa shape index (κ3) is 2.25. The number of nitrogen functional groups attached to an aromatic ring is 1. The van der Waals surface area contributed by atoms with Gasteiger partial charge in [-0.1, -0.05) is 29.8 Å². The van der Waals surface area contributed by atoms with Crippen LogP contribution >= 0.6 is 11.6 Å². The highest BCUT2D eigenvalue weighted by atomic mass is 35.5. The van der Waals surface area contributed by atoms with E-state index in [9.17, 15) is 13.5 Å². The zero-order chi connectivity index (χ0) is 15.9. The van der Waals surface area contributed by atoms with E-state index in [0.29, 0.717) is 21.5 Å². The smallest absolute Gasteiger partial charge is 0.268 e. The summed E-state index contributed by atoms with van der Waals surface area (Å²) in [5.41, 5.74) is 6.93. The SMILES string of the molecule is Nc1cc(S(=O)(=O)n2cc(CO)c3ccccc32)ccc1Cl. The lowest BCUT2D eigenvalue weighted by Gasteiger charge is -2.08. The number of fused-ring (bicyclic) bond motifs is 1. The van der Waals surface area contributed by atoms with Crippen LogP contribution < -0.4 is 5.73 Å². The van der Waals surface area contributed by atoms with Crippen LogP contribution in [-0.2, 0) is 16.6 Å². The summed E-state index contributed by atoms with van der Waals surface area (Å²) >= 11 is 5.84. The minimum atomic E-state index is -3.83. The van der Waals surface area contributed by atoms with Crippen LogP contribution in [-0.4, -0.2) is 17.5 Å². The fraction of sp³-hybridized carbons (Fsp3) is 0.0667. The second kappa shape index (κ2) is 5.31. The van der Waals surface area contributed by atoms with Crippen molar-refractivity contribution in [3.8, 4) is 0 Å². The molecule has 5 nitrogen and oxygen atoms in total. The number of nitrogens with zero attached hydrogens (tertiary/aromatic N) is 1. The highest BCUT2D eigenvalue weighted by Gasteiger charge is 2.21. The van der Waals surface area contributed by atoms with E-state index in [1.807, 2.05) is 0 Å². The number of aliphatic hydroxyl groups excluding tert-OH is 1. The predicted octanol–water partition coefficient (Wildman–Crippen LogP) is 2.61. The number of aromatic nitrogens is 1. The van der Waals surface area contributed by atoms with Gasteiger partial charge < -0.3 is 10.8 Å². The molecule has 0 unspecified atom stereocenters. The third-order valence-corrected chi connectivity index (χ3v) is 5.47. The Hall–Kier alpha value is -2.02. The highest BCUT2D eigenvalue weighted by molar-refractivity contribution is 7.90. The van der Waals surface area contributed by atoms with Crippen LogP contribution in [0.1, 0.15) is 5.56 Å². The van der Waals surface area contributed by atoms with E-state index in [1.54, 1.807) is 24.3 Å². The van der Waals surface area contributed by atoms with Gasteiger partial charge in [-0.25, -0.2) is 12.4 Å². The van der Waals surface area contributed by atoms with E-state index in [0.717, 1.165) is 3.97 Å². The molecule has 0 saturated heterocycles. The Morgan fingerprint density at radius 3 is 2.59 bits per heavy atom. The lowest BCUT2D eigenvalue weighted by Crippen LogP contribution is -2.12. The molecule has 0 saturated carbocycles. The van der Waals surface area contributed by atoms with Crippen molar-refractivity contribution in [2.45, 2.75) is 11.5 Å². The van der Waals surface area contributed by atoms with Gasteiger partial charge >= 0.3 is 0 Å². The van der Waals surface area contributed by atoms with Crippen molar-refractivity contribution in [2.75, 3.05) is 5.73 Å². The van der Waals surface area contributed by atoms with Crippen molar-refractivity contribution in [2.24, 2.45) is 0 Å².